The summed E-state index contributed by atoms with van der Waals surface area (Å²) < 4.78 is 41.4. The average Bonchev–Trinajstić information content (AvgIpc) is 3.40. The van der Waals surface area contributed by atoms with Gasteiger partial charge in [-0.05, 0) is 60.1 Å². The molecule has 0 radical (unpaired) electrons. The van der Waals surface area contributed by atoms with Gasteiger partial charge in [-0.15, -0.1) is 0 Å². The van der Waals surface area contributed by atoms with E-state index in [1.54, 1.807) is 6.92 Å². The number of carbonyl (C=O) groups excluding carboxylic acids is 4. The number of rotatable bonds is 25. The van der Waals surface area contributed by atoms with Crippen LogP contribution in [0.2, 0.25) is 0 Å². The van der Waals surface area contributed by atoms with Crippen molar-refractivity contribution in [1.82, 2.24) is 20.9 Å². The molecule has 20 nitrogen and oxygen atoms in total. The van der Waals surface area contributed by atoms with Crippen LogP contribution < -0.4 is 16.0 Å². The lowest BCUT2D eigenvalue weighted by molar-refractivity contribution is -0.151. The molecule has 3 aromatic carbocycles. The Morgan fingerprint density at radius 1 is 0.671 bits per heavy atom. The lowest BCUT2D eigenvalue weighted by atomic mass is 9.87. The summed E-state index contributed by atoms with van der Waals surface area (Å²) >= 11 is 0. The Kier molecular flexibility index (Phi) is 30.1. The van der Waals surface area contributed by atoms with Crippen LogP contribution in [0.25, 0.3) is 0 Å². The Bertz CT molecular complexity index is 2180. The summed E-state index contributed by atoms with van der Waals surface area (Å²) in [6.07, 6.45) is -1.97. The molecule has 3 amide bonds. The third kappa shape index (κ3) is 28.0. The first kappa shape index (κ1) is 63.9. The van der Waals surface area contributed by atoms with Crippen LogP contribution in [0.1, 0.15) is 83.9 Å². The number of nitrogens with one attached hydrogen (secondary N) is 3. The third-order valence-corrected chi connectivity index (χ3v) is 11.8. The summed E-state index contributed by atoms with van der Waals surface area (Å²) in [7, 11) is 0. The van der Waals surface area contributed by atoms with Gasteiger partial charge in [0.2, 0.25) is 0 Å². The molecule has 2 saturated heterocycles. The molecule has 5 rings (SSSR count). The number of hydrogen-bond acceptors (Lipinski definition) is 17. The molecule has 2 heterocycles. The fourth-order valence-corrected chi connectivity index (χ4v) is 7.79. The summed E-state index contributed by atoms with van der Waals surface area (Å²) in [6, 6.07) is 31.4. The van der Waals surface area contributed by atoms with Crippen LogP contribution in [-0.4, -0.2) is 149 Å². The van der Waals surface area contributed by atoms with Crippen molar-refractivity contribution in [3.63, 3.8) is 0 Å². The molecule has 2 aliphatic rings. The molecule has 0 spiro atoms. The first-order valence-electron chi connectivity index (χ1n) is 25.6. The highest BCUT2D eigenvalue weighted by atomic mass is 16.7. The van der Waals surface area contributed by atoms with Gasteiger partial charge in [0, 0.05) is 39.4 Å². The van der Waals surface area contributed by atoms with Gasteiger partial charge in [0.1, 0.15) is 20.2 Å². The minimum atomic E-state index is -1.15. The molecule has 0 bridgehead atoms. The van der Waals surface area contributed by atoms with Gasteiger partial charge in [-0.2, -0.15) is 10.5 Å². The van der Waals surface area contributed by atoms with E-state index in [0.29, 0.717) is 65.0 Å². The molecule has 4 atom stereocenters. The Labute approximate surface area is 448 Å². The normalized spacial score (nSPS) is 15.4. The van der Waals surface area contributed by atoms with E-state index in [2.05, 4.69) is 46.7 Å². The summed E-state index contributed by atoms with van der Waals surface area (Å²) in [5, 5.41) is 48.8. The largest absolute Gasteiger partial charge is 0.466 e. The molecule has 3 aromatic rings. The van der Waals surface area contributed by atoms with E-state index in [1.165, 1.54) is 11.8 Å². The standard InChI is InChI=1S/C30H39N3O7.C22H33N3O5.C4H8O2/c1-30(2,14-9-15-31)21-33(29(36)39-18-24-12-7-4-8-13-24)17-27(34)26(16-23-10-5-3-6-11-23)32-28(35)40-25-19-37-22-38-20-25;1-22(2,9-6-10-23)15-24-12-20(26)19(11-17-7-4-3-5-8-17)25-21(27)30-18-13-28-16-29-14-18;1-3-6-4(2)5/h3-8,10-13,25-27,34H,9,14,16-22H2,1-2H3,(H,32,35);3-5,7-8,18-20,24,26H,6,9,11-16H2,1-2H3,(H,25,27);3H2,1-2H3/t26-,27+;19-,20+;/m00./s1. The number of carbonyl (C=O) groups is 4. The number of ether oxygens (including phenoxy) is 8. The van der Waals surface area contributed by atoms with Crippen LogP contribution >= 0.6 is 0 Å². The quantitative estimate of drug-likeness (QED) is 0.0443. The molecule has 0 aromatic heterocycles. The minimum Gasteiger partial charge on any atom is -0.466 e. The van der Waals surface area contributed by atoms with Crippen molar-refractivity contribution in [3.05, 3.63) is 108 Å². The fraction of sp³-hybridized carbons (Fsp3) is 0.571. The minimum absolute atomic E-state index is 0.0578. The summed E-state index contributed by atoms with van der Waals surface area (Å²) in [4.78, 5) is 49.6. The number of aliphatic hydroxyl groups excluding tert-OH is 2. The number of aliphatic hydroxyl groups is 2. The molecule has 0 unspecified atom stereocenters. The van der Waals surface area contributed by atoms with Crippen LogP contribution in [0.5, 0.6) is 0 Å². The van der Waals surface area contributed by atoms with Crippen molar-refractivity contribution >= 4 is 24.2 Å². The molecule has 76 heavy (non-hydrogen) atoms. The highest BCUT2D eigenvalue weighted by Crippen LogP contribution is 2.25. The second-order valence-corrected chi connectivity index (χ2v) is 19.9. The van der Waals surface area contributed by atoms with Crippen LogP contribution in [-0.2, 0) is 62.1 Å². The first-order valence-corrected chi connectivity index (χ1v) is 25.6. The van der Waals surface area contributed by atoms with Crippen LogP contribution in [0.15, 0.2) is 91.0 Å². The molecule has 418 valence electrons. The van der Waals surface area contributed by atoms with Crippen molar-refractivity contribution < 1.29 is 67.3 Å². The molecular weight excluding hydrogens is 981 g/mol. The van der Waals surface area contributed by atoms with Gasteiger partial charge in [-0.3, -0.25) is 4.79 Å². The third-order valence-electron chi connectivity index (χ3n) is 11.8. The average molecular weight is 1060 g/mol. The van der Waals surface area contributed by atoms with E-state index >= 15 is 0 Å². The van der Waals surface area contributed by atoms with E-state index in [0.717, 1.165) is 23.1 Å². The second-order valence-electron chi connectivity index (χ2n) is 19.9. The Morgan fingerprint density at radius 2 is 1.11 bits per heavy atom. The maximum Gasteiger partial charge on any atom is 0.410 e. The zero-order valence-corrected chi connectivity index (χ0v) is 45.0. The number of nitriles is 2. The lowest BCUT2D eigenvalue weighted by Gasteiger charge is -2.35. The van der Waals surface area contributed by atoms with Crippen LogP contribution in [0, 0.1) is 33.5 Å². The Balaban J connectivity index is 0.000000373. The molecule has 2 aliphatic heterocycles. The second kappa shape index (κ2) is 35.8. The zero-order chi connectivity index (χ0) is 55.6. The van der Waals surface area contributed by atoms with Crippen molar-refractivity contribution in [3.8, 4) is 12.1 Å². The van der Waals surface area contributed by atoms with Crippen LogP contribution in [0.3, 0.4) is 0 Å². The maximum absolute atomic E-state index is 13.3. The summed E-state index contributed by atoms with van der Waals surface area (Å²) in [5.74, 6) is -0.211. The predicted octanol–water partition coefficient (Wildman–Crippen LogP) is 6.57. The van der Waals surface area contributed by atoms with Crippen LogP contribution in [0.4, 0.5) is 14.4 Å². The highest BCUT2D eigenvalue weighted by molar-refractivity contribution is 5.69. The van der Waals surface area contributed by atoms with Gasteiger partial charge in [-0.25, -0.2) is 14.4 Å². The number of esters is 1. The van der Waals surface area contributed by atoms with Gasteiger partial charge >= 0.3 is 24.2 Å². The van der Waals surface area contributed by atoms with E-state index in [1.807, 2.05) is 105 Å². The van der Waals surface area contributed by atoms with Crippen molar-refractivity contribution in [2.45, 2.75) is 123 Å². The first-order chi connectivity index (χ1) is 36.4. The molecule has 5 N–H and O–H groups in total. The van der Waals surface area contributed by atoms with Gasteiger partial charge in [0.05, 0.1) is 76.0 Å². The van der Waals surface area contributed by atoms with Gasteiger partial charge < -0.3 is 69.0 Å². The number of nitrogens with zero attached hydrogens (tertiary/aromatic N) is 3. The van der Waals surface area contributed by atoms with Crippen molar-refractivity contribution in [2.75, 3.05) is 72.8 Å². The SMILES string of the molecule is CC(C)(CCC#N)CN(C[C@@H](O)[C@H](Cc1ccccc1)NC(=O)OC1COCOC1)C(=O)OCc1ccccc1.CC(C)(CCC#N)CNC[C@@H](O)[C@H](Cc1ccccc1)NC(=O)OC1COCOC1.CCOC(C)=O. The highest BCUT2D eigenvalue weighted by Gasteiger charge is 2.32. The number of hydrogen-bond donors (Lipinski definition) is 5. The fourth-order valence-electron chi connectivity index (χ4n) is 7.79. The van der Waals surface area contributed by atoms with E-state index in [9.17, 15) is 29.4 Å². The molecule has 0 saturated carbocycles. The Morgan fingerprint density at radius 3 is 1.53 bits per heavy atom. The molecular formula is C56H80N6O14. The summed E-state index contributed by atoms with van der Waals surface area (Å²) in [6.45, 7) is 14.3. The number of alkyl carbamates (subject to hydrolysis) is 2. The predicted molar refractivity (Wildman–Crippen MR) is 281 cm³/mol. The number of benzene rings is 3. The van der Waals surface area contributed by atoms with Crippen molar-refractivity contribution in [1.29, 1.82) is 10.5 Å². The molecule has 20 heteroatoms. The zero-order valence-electron chi connectivity index (χ0n) is 45.0. The lowest BCUT2D eigenvalue weighted by Crippen LogP contribution is -2.52. The Hall–Kier alpha value is -6.36. The van der Waals surface area contributed by atoms with Crippen molar-refractivity contribution in [2.24, 2.45) is 10.8 Å². The van der Waals surface area contributed by atoms with E-state index in [-0.39, 0.29) is 57.9 Å². The number of amides is 3. The van der Waals surface area contributed by atoms with E-state index < -0.39 is 60.2 Å². The molecule has 2 fully saturated rings. The maximum atomic E-state index is 13.3. The topological polar surface area (TPSA) is 269 Å². The van der Waals surface area contributed by atoms with Gasteiger partial charge in [0.15, 0.2) is 12.2 Å². The van der Waals surface area contributed by atoms with E-state index in [4.69, 9.17) is 43.7 Å². The summed E-state index contributed by atoms with van der Waals surface area (Å²) in [5.41, 5.74) is 2.26. The molecule has 0 aliphatic carbocycles. The van der Waals surface area contributed by atoms with Gasteiger partial charge in [0.25, 0.3) is 0 Å². The smallest absolute Gasteiger partial charge is 0.410 e. The monoisotopic (exact) mass is 1060 g/mol. The van der Waals surface area contributed by atoms with Gasteiger partial charge in [-0.1, -0.05) is 119 Å².